The van der Waals surface area contributed by atoms with E-state index in [9.17, 15) is 4.79 Å². The standard InChI is InChI=1S/C16H22N4O2S2/c1-10-7-11(2)12(3)13(8-10)22-6-4-5-18-14(21)9-23-16-20-19-15(17)24-16/h7-8H,4-6,9H2,1-3H3,(H2,17,19)(H,18,21). The van der Waals surface area contributed by atoms with Crippen molar-refractivity contribution in [3.8, 4) is 5.75 Å². The van der Waals surface area contributed by atoms with Crippen molar-refractivity contribution in [2.24, 2.45) is 0 Å². The Morgan fingerprint density at radius 3 is 2.83 bits per heavy atom. The van der Waals surface area contributed by atoms with E-state index in [-0.39, 0.29) is 5.91 Å². The number of hydrogen-bond donors (Lipinski definition) is 2. The van der Waals surface area contributed by atoms with Gasteiger partial charge in [-0.15, -0.1) is 10.2 Å². The van der Waals surface area contributed by atoms with E-state index in [1.807, 2.05) is 6.07 Å². The van der Waals surface area contributed by atoms with Crippen molar-refractivity contribution in [2.75, 3.05) is 24.6 Å². The van der Waals surface area contributed by atoms with Crippen molar-refractivity contribution in [3.63, 3.8) is 0 Å². The van der Waals surface area contributed by atoms with Gasteiger partial charge < -0.3 is 15.8 Å². The van der Waals surface area contributed by atoms with Crippen LogP contribution in [0.3, 0.4) is 0 Å². The van der Waals surface area contributed by atoms with E-state index < -0.39 is 0 Å². The van der Waals surface area contributed by atoms with Gasteiger partial charge in [0, 0.05) is 6.54 Å². The first-order valence-electron chi connectivity index (χ1n) is 7.65. The molecule has 1 amide bonds. The van der Waals surface area contributed by atoms with Crippen molar-refractivity contribution in [1.82, 2.24) is 15.5 Å². The number of thioether (sulfide) groups is 1. The SMILES string of the molecule is Cc1cc(C)c(C)c(OCCCNC(=O)CSc2nnc(N)s2)c1. The van der Waals surface area contributed by atoms with E-state index in [2.05, 4.69) is 42.4 Å². The summed E-state index contributed by atoms with van der Waals surface area (Å²) in [5.74, 6) is 1.20. The van der Waals surface area contributed by atoms with E-state index in [4.69, 9.17) is 10.5 Å². The predicted octanol–water partition coefficient (Wildman–Crippen LogP) is 2.72. The van der Waals surface area contributed by atoms with Crippen LogP contribution in [-0.4, -0.2) is 35.0 Å². The van der Waals surface area contributed by atoms with Gasteiger partial charge in [-0.05, 0) is 49.9 Å². The number of carbonyl (C=O) groups excluding carboxylic acids is 1. The lowest BCUT2D eigenvalue weighted by atomic mass is 10.1. The third kappa shape index (κ3) is 5.68. The van der Waals surface area contributed by atoms with Gasteiger partial charge in [0.2, 0.25) is 11.0 Å². The number of rotatable bonds is 8. The van der Waals surface area contributed by atoms with Crippen LogP contribution in [0.2, 0.25) is 0 Å². The molecule has 0 aliphatic rings. The van der Waals surface area contributed by atoms with Crippen LogP contribution < -0.4 is 15.8 Å². The molecule has 0 unspecified atom stereocenters. The monoisotopic (exact) mass is 366 g/mol. The normalized spacial score (nSPS) is 10.6. The van der Waals surface area contributed by atoms with Gasteiger partial charge in [-0.25, -0.2) is 0 Å². The number of nitrogens with two attached hydrogens (primary N) is 1. The lowest BCUT2D eigenvalue weighted by Gasteiger charge is -2.12. The van der Waals surface area contributed by atoms with Crippen molar-refractivity contribution < 1.29 is 9.53 Å². The fourth-order valence-corrected chi connectivity index (χ4v) is 3.56. The largest absolute Gasteiger partial charge is 0.493 e. The molecule has 0 saturated carbocycles. The molecule has 1 aromatic heterocycles. The zero-order valence-electron chi connectivity index (χ0n) is 14.1. The highest BCUT2D eigenvalue weighted by Crippen LogP contribution is 2.24. The Kier molecular flexibility index (Phi) is 6.86. The number of nitrogens with one attached hydrogen (secondary N) is 1. The molecule has 0 fully saturated rings. The molecule has 0 aliphatic carbocycles. The first-order chi connectivity index (χ1) is 11.5. The minimum Gasteiger partial charge on any atom is -0.493 e. The zero-order chi connectivity index (χ0) is 17.5. The average Bonchev–Trinajstić information content (AvgIpc) is 2.95. The molecule has 0 radical (unpaired) electrons. The fourth-order valence-electron chi connectivity index (χ4n) is 2.09. The Morgan fingerprint density at radius 2 is 2.12 bits per heavy atom. The van der Waals surface area contributed by atoms with Crippen molar-refractivity contribution in [2.45, 2.75) is 31.5 Å². The first-order valence-corrected chi connectivity index (χ1v) is 9.45. The number of benzene rings is 1. The summed E-state index contributed by atoms with van der Waals surface area (Å²) in [6.07, 6.45) is 0.759. The molecular formula is C16H22N4O2S2. The molecule has 1 heterocycles. The molecule has 130 valence electrons. The fraction of sp³-hybridized carbons (Fsp3) is 0.438. The number of nitrogens with zero attached hydrogens (tertiary/aromatic N) is 2. The number of ether oxygens (including phenoxy) is 1. The Hall–Kier alpha value is -1.80. The number of anilines is 1. The van der Waals surface area contributed by atoms with Crippen molar-refractivity contribution >= 4 is 34.1 Å². The van der Waals surface area contributed by atoms with Crippen LogP contribution in [0.5, 0.6) is 5.75 Å². The number of aromatic nitrogens is 2. The van der Waals surface area contributed by atoms with Gasteiger partial charge in [0.05, 0.1) is 12.4 Å². The lowest BCUT2D eigenvalue weighted by molar-refractivity contribution is -0.118. The molecular weight excluding hydrogens is 344 g/mol. The van der Waals surface area contributed by atoms with Crippen LogP contribution in [0.1, 0.15) is 23.1 Å². The first kappa shape index (κ1) is 18.5. The van der Waals surface area contributed by atoms with E-state index in [1.165, 1.54) is 34.2 Å². The maximum absolute atomic E-state index is 11.8. The molecule has 0 aliphatic heterocycles. The van der Waals surface area contributed by atoms with E-state index in [0.717, 1.165) is 17.7 Å². The Bertz CT molecular complexity index is 703. The van der Waals surface area contributed by atoms with E-state index >= 15 is 0 Å². The molecule has 6 nitrogen and oxygen atoms in total. The molecule has 8 heteroatoms. The van der Waals surface area contributed by atoms with Crippen LogP contribution in [0, 0.1) is 20.8 Å². The molecule has 0 atom stereocenters. The maximum Gasteiger partial charge on any atom is 0.230 e. The summed E-state index contributed by atoms with van der Waals surface area (Å²) in [5.41, 5.74) is 9.08. The third-order valence-corrected chi connectivity index (χ3v) is 5.30. The number of carbonyl (C=O) groups is 1. The molecule has 24 heavy (non-hydrogen) atoms. The second-order valence-corrected chi connectivity index (χ2v) is 7.68. The molecule has 0 bridgehead atoms. The molecule has 0 spiro atoms. The van der Waals surface area contributed by atoms with E-state index in [1.54, 1.807) is 0 Å². The third-order valence-electron chi connectivity index (χ3n) is 3.41. The Balaban J connectivity index is 1.63. The van der Waals surface area contributed by atoms with Crippen LogP contribution in [0.4, 0.5) is 5.13 Å². The highest BCUT2D eigenvalue weighted by atomic mass is 32.2. The number of amides is 1. The van der Waals surface area contributed by atoms with Crippen LogP contribution in [0.15, 0.2) is 16.5 Å². The molecule has 3 N–H and O–H groups in total. The van der Waals surface area contributed by atoms with Gasteiger partial charge in [-0.1, -0.05) is 29.2 Å². The zero-order valence-corrected chi connectivity index (χ0v) is 15.7. The summed E-state index contributed by atoms with van der Waals surface area (Å²) in [6.45, 7) is 7.36. The number of nitrogen functional groups attached to an aromatic ring is 1. The summed E-state index contributed by atoms with van der Waals surface area (Å²) in [7, 11) is 0. The summed E-state index contributed by atoms with van der Waals surface area (Å²) in [4.78, 5) is 11.8. The summed E-state index contributed by atoms with van der Waals surface area (Å²) >= 11 is 2.62. The summed E-state index contributed by atoms with van der Waals surface area (Å²) in [6, 6.07) is 4.19. The summed E-state index contributed by atoms with van der Waals surface area (Å²) < 4.78 is 6.53. The van der Waals surface area contributed by atoms with Crippen molar-refractivity contribution in [3.05, 3.63) is 28.8 Å². The van der Waals surface area contributed by atoms with Crippen LogP contribution in [0.25, 0.3) is 0 Å². The lowest BCUT2D eigenvalue weighted by Crippen LogP contribution is -2.27. The van der Waals surface area contributed by atoms with Gasteiger partial charge in [0.25, 0.3) is 0 Å². The molecule has 1 aromatic carbocycles. The van der Waals surface area contributed by atoms with Crippen LogP contribution in [-0.2, 0) is 4.79 Å². The Morgan fingerprint density at radius 1 is 1.33 bits per heavy atom. The Labute approximate surface area is 150 Å². The molecule has 2 rings (SSSR count). The molecule has 2 aromatic rings. The number of hydrogen-bond acceptors (Lipinski definition) is 7. The minimum absolute atomic E-state index is 0.0312. The maximum atomic E-state index is 11.8. The smallest absolute Gasteiger partial charge is 0.230 e. The van der Waals surface area contributed by atoms with Gasteiger partial charge in [-0.3, -0.25) is 4.79 Å². The topological polar surface area (TPSA) is 90.1 Å². The second-order valence-electron chi connectivity index (χ2n) is 5.45. The van der Waals surface area contributed by atoms with Gasteiger partial charge in [-0.2, -0.15) is 0 Å². The highest BCUT2D eigenvalue weighted by Gasteiger charge is 2.07. The second kappa shape index (κ2) is 8.89. The quantitative estimate of drug-likeness (QED) is 0.551. The minimum atomic E-state index is -0.0312. The highest BCUT2D eigenvalue weighted by molar-refractivity contribution is 8.01. The van der Waals surface area contributed by atoms with Crippen molar-refractivity contribution in [1.29, 1.82) is 0 Å². The van der Waals surface area contributed by atoms with E-state index in [0.29, 0.717) is 28.4 Å². The molecule has 0 saturated heterocycles. The van der Waals surface area contributed by atoms with Crippen LogP contribution >= 0.6 is 23.1 Å². The van der Waals surface area contributed by atoms with Gasteiger partial charge in [0.1, 0.15) is 5.75 Å². The van der Waals surface area contributed by atoms with Gasteiger partial charge >= 0.3 is 0 Å². The van der Waals surface area contributed by atoms with Gasteiger partial charge in [0.15, 0.2) is 4.34 Å². The number of aryl methyl sites for hydroxylation is 2. The average molecular weight is 367 g/mol. The predicted molar refractivity (Wildman–Crippen MR) is 98.8 cm³/mol. The summed E-state index contributed by atoms with van der Waals surface area (Å²) in [5, 5.41) is 10.8.